The summed E-state index contributed by atoms with van der Waals surface area (Å²) in [4.78, 5) is 156. The van der Waals surface area contributed by atoms with Crippen LogP contribution in [-0.2, 0) is 35.3 Å². The molecular weight excluding hydrogens is 1940 g/mol. The summed E-state index contributed by atoms with van der Waals surface area (Å²) >= 11 is 0. The molecule has 0 unspecified atom stereocenters. The van der Waals surface area contributed by atoms with Crippen LogP contribution in [-0.4, -0.2) is 321 Å². The summed E-state index contributed by atoms with van der Waals surface area (Å²) in [6.07, 6.45) is 15.4. The second kappa shape index (κ2) is 53.6. The molecule has 8 aromatic heterocycles. The van der Waals surface area contributed by atoms with E-state index in [1.165, 1.54) is 6.42 Å². The average Bonchev–Trinajstić information content (AvgIpc) is 1.78. The smallest absolute Gasteiger partial charge is 0.319 e. The van der Waals surface area contributed by atoms with E-state index in [0.29, 0.717) is 163 Å². The van der Waals surface area contributed by atoms with Gasteiger partial charge in [0.15, 0.2) is 5.78 Å². The number of carbonyl (C=O) groups excluding carboxylic acids is 7. The molecule has 2 aliphatic carbocycles. The van der Waals surface area contributed by atoms with Gasteiger partial charge in [-0.3, -0.25) is 43.5 Å². The average molecular weight is 2080 g/mol. The maximum Gasteiger partial charge on any atom is 0.319 e. The number of aryl methyl sites for hydroxylation is 2. The first-order valence-corrected chi connectivity index (χ1v) is 53.0. The Labute approximate surface area is 869 Å². The first-order valence-electron chi connectivity index (χ1n) is 51.0. The minimum atomic E-state index is -3.19. The maximum absolute atomic E-state index is 13.1. The number of Topliss-reactive ketones (excluding diaryl/α,β-unsaturated/α-hetero) is 1. The summed E-state index contributed by atoms with van der Waals surface area (Å²) in [5, 5.41) is 27.2. The molecule has 10 N–H and O–H groups in total. The SMILES string of the molecule is CN(C)CCOc1ccc(C(N)=O)nc1C1CCN(c2cc(C(=O)CC3CCC3)nc(OC[C@@H]3C[C@@H]3C#N)n2)CC1.COCCNC(=O)c1cc(N2CCC(c3ccc(C)c(C(N)=O)n3)CC2)nc(O[C@H](C)COC)n1.COC[C@@H](C)Oc1nc(C(=O)NCC(C)(C)O)cc(N2CCC(c3ccc(C)c(C(N)=O)n3)CC2)n1.CS(=O)(=O)CCNC(=O)c1cc(N2CCC(C3=NCc4ncccc43)CC2)nc(OC[C@H]2CCCO2)n1. The number of anilines is 4. The van der Waals surface area contributed by atoms with E-state index in [0.717, 1.165) is 155 Å². The van der Waals surface area contributed by atoms with Gasteiger partial charge in [-0.2, -0.15) is 45.1 Å². The summed E-state index contributed by atoms with van der Waals surface area (Å²) in [6, 6.07) is 24.6. The van der Waals surface area contributed by atoms with Crippen LogP contribution in [0.1, 0.15) is 255 Å². The number of primary amides is 3. The number of likely N-dealkylation sites (N-methyl/N-ethyl adjacent to an activating group) is 1. The molecule has 149 heavy (non-hydrogen) atoms. The number of nitrogens with two attached hydrogens (primary N) is 3. The number of nitriles is 1. The molecule has 0 aromatic carbocycles. The highest BCUT2D eigenvalue weighted by Crippen LogP contribution is 2.41. The van der Waals surface area contributed by atoms with E-state index in [1.54, 1.807) is 71.6 Å². The van der Waals surface area contributed by atoms with Crippen LogP contribution in [0.3, 0.4) is 0 Å². The lowest BCUT2D eigenvalue weighted by Crippen LogP contribution is -2.39. The molecular formula is C104H141N25O19S. The monoisotopic (exact) mass is 2080 g/mol. The third-order valence-electron chi connectivity index (χ3n) is 26.9. The predicted molar refractivity (Wildman–Crippen MR) is 554 cm³/mol. The highest BCUT2D eigenvalue weighted by atomic mass is 32.2. The van der Waals surface area contributed by atoms with Gasteiger partial charge in [-0.05, 0) is 180 Å². The molecule has 5 saturated heterocycles. The molecule has 802 valence electrons. The molecule has 45 heteroatoms. The summed E-state index contributed by atoms with van der Waals surface area (Å²) in [7, 11) is 5.51. The Hall–Kier alpha value is -13.5. The fraction of sp³-hybridized carbons (Fsp3) is 0.567. The van der Waals surface area contributed by atoms with Crippen molar-refractivity contribution in [2.75, 3.05) is 192 Å². The number of carbonyl (C=O) groups is 7. The van der Waals surface area contributed by atoms with E-state index in [2.05, 4.69) is 107 Å². The Morgan fingerprint density at radius 3 is 1.51 bits per heavy atom. The van der Waals surface area contributed by atoms with E-state index in [9.17, 15) is 47.1 Å². The van der Waals surface area contributed by atoms with Crippen LogP contribution in [0.25, 0.3) is 0 Å². The minimum Gasteiger partial charge on any atom is -0.490 e. The molecule has 8 aliphatic rings. The lowest BCUT2D eigenvalue weighted by Gasteiger charge is -2.33. The quantitative estimate of drug-likeness (QED) is 0.0142. The predicted octanol–water partition coefficient (Wildman–Crippen LogP) is 7.66. The second-order valence-corrected chi connectivity index (χ2v) is 42.0. The van der Waals surface area contributed by atoms with Gasteiger partial charge in [-0.25, -0.2) is 23.4 Å². The molecule has 8 aromatic rings. The standard InChI is InChI=1S/C30H39N7O4.C25H32N6O5S.C25H36N6O5.C24H34N6O5/c1-36(2)12-13-40-26-7-6-23(29(32)39)33-28(26)20-8-10-37(11-9-20)27-16-24(25(38)14-19-4-3-5-19)34-30(35-27)41-18-22-15-21(22)17-31;1-37(33,34)13-9-27-24(32)20-14-22(30-25(29-20)36-16-18-4-3-12-35-18)31-10-6-17(7-11-31)23-19-5-2-8-26-21(19)15-28-23;1-15-6-7-18(28-21(15)22(26)32)17-8-10-31(11-9-17)20-12-19(23(33)27-14-25(3,4)34)29-24(30-20)36-16(2)13-35-5;1-15-5-6-18(27-21(15)22(25)31)17-7-10-30(11-8-17)20-13-19(23(32)26-9-12-33-3)28-24(29-20)35-16(2)14-34-4/h6-7,16,19-22H,3-5,8-15,18H2,1-2H3,(H2,32,39);2,5,8,14,17-18H,3-4,6-7,9-13,15-16H2,1H3,(H,27,32);6-7,12,16-17,34H,8-11,13-14H2,1-5H3,(H2,26,32)(H,27,33);5-6,13,16-17H,7-12,14H2,1-4H3,(H2,25,31)(H,26,32)/t21-,22+;18-;2*16-/m1111/s1. The molecule has 16 rings (SSSR count). The van der Waals surface area contributed by atoms with E-state index in [1.807, 2.05) is 83.2 Å². The molecule has 0 bridgehead atoms. The number of pyridine rings is 4. The molecule has 0 spiro atoms. The Bertz CT molecular complexity index is 6130. The summed E-state index contributed by atoms with van der Waals surface area (Å²) < 4.78 is 73.2. The fourth-order valence-corrected chi connectivity index (χ4v) is 18.7. The van der Waals surface area contributed by atoms with Crippen LogP contribution in [0.15, 0.2) is 84.0 Å². The lowest BCUT2D eigenvalue weighted by molar-refractivity contribution is 0.0643. The lowest BCUT2D eigenvalue weighted by atomic mass is 9.81. The zero-order valence-electron chi connectivity index (χ0n) is 87.2. The van der Waals surface area contributed by atoms with E-state index in [-0.39, 0.29) is 125 Å². The number of aromatic nitrogens is 12. The van der Waals surface area contributed by atoms with E-state index < -0.39 is 45.0 Å². The number of methoxy groups -OCH3 is 3. The van der Waals surface area contributed by atoms with Crippen molar-refractivity contribution in [3.63, 3.8) is 0 Å². The number of ketones is 1. The van der Waals surface area contributed by atoms with Gasteiger partial charge >= 0.3 is 24.0 Å². The number of piperidine rings is 4. The van der Waals surface area contributed by atoms with Crippen LogP contribution in [0, 0.1) is 48.9 Å². The number of hydrogen-bond acceptors (Lipinski definition) is 38. The zero-order chi connectivity index (χ0) is 107. The Balaban J connectivity index is 0.000000166. The van der Waals surface area contributed by atoms with Gasteiger partial charge in [-0.1, -0.05) is 31.4 Å². The van der Waals surface area contributed by atoms with Crippen LogP contribution < -0.4 is 76.4 Å². The van der Waals surface area contributed by atoms with Gasteiger partial charge < -0.3 is 105 Å². The first-order chi connectivity index (χ1) is 71.4. The molecule has 5 atom stereocenters. The van der Waals surface area contributed by atoms with Gasteiger partial charge in [-0.15, -0.1) is 0 Å². The Kier molecular flexibility index (Phi) is 40.5. The van der Waals surface area contributed by atoms with Crippen LogP contribution in [0.5, 0.6) is 29.8 Å². The summed E-state index contributed by atoms with van der Waals surface area (Å²) in [6.45, 7) is 21.0. The van der Waals surface area contributed by atoms with Gasteiger partial charge in [0.2, 0.25) is 0 Å². The normalized spacial score (nSPS) is 17.9. The number of amides is 6. The molecule has 14 heterocycles. The minimum absolute atomic E-state index is 0.00689. The molecule has 0 radical (unpaired) electrons. The number of hydrogen-bond donors (Lipinski definition) is 7. The maximum atomic E-state index is 13.1. The number of fused-ring (bicyclic) bond motifs is 1. The Morgan fingerprint density at radius 1 is 0.557 bits per heavy atom. The van der Waals surface area contributed by atoms with Gasteiger partial charge in [0.25, 0.3) is 35.4 Å². The van der Waals surface area contributed by atoms with E-state index in [4.69, 9.17) is 70.1 Å². The van der Waals surface area contributed by atoms with Crippen molar-refractivity contribution in [2.24, 2.45) is 45.9 Å². The molecule has 6 aliphatic heterocycles. The third kappa shape index (κ3) is 33.2. The fourth-order valence-electron chi connectivity index (χ4n) is 18.2. The topological polar surface area (TPSA) is 578 Å². The number of nitrogens with zero attached hydrogens (tertiary/aromatic N) is 19. The third-order valence-corrected chi connectivity index (χ3v) is 27.9. The molecule has 7 fully saturated rings. The number of ether oxygens (including phenoxy) is 9. The van der Waals surface area contributed by atoms with Crippen LogP contribution >= 0.6 is 0 Å². The van der Waals surface area contributed by atoms with Crippen molar-refractivity contribution in [1.82, 2.24) is 80.7 Å². The van der Waals surface area contributed by atoms with Crippen LogP contribution in [0.4, 0.5) is 23.3 Å². The summed E-state index contributed by atoms with van der Waals surface area (Å²) in [5.74, 6) is 1.62. The van der Waals surface area contributed by atoms with Gasteiger partial charge in [0.1, 0.15) is 104 Å². The summed E-state index contributed by atoms with van der Waals surface area (Å²) in [5.41, 5.74) is 24.5. The molecule has 6 amide bonds. The first kappa shape index (κ1) is 113. The Morgan fingerprint density at radius 2 is 1.05 bits per heavy atom. The molecule has 2 saturated carbocycles. The second-order valence-electron chi connectivity index (χ2n) is 39.8. The number of nitrogens with one attached hydrogen (secondary N) is 3. The molecule has 44 nitrogen and oxygen atoms in total. The number of rotatable bonds is 43. The van der Waals surface area contributed by atoms with Crippen molar-refractivity contribution < 1.29 is 89.7 Å². The number of aliphatic imine (C=N–C) groups is 1. The number of sulfone groups is 1. The van der Waals surface area contributed by atoms with Crippen molar-refractivity contribution in [3.05, 3.63) is 158 Å². The van der Waals surface area contributed by atoms with Crippen molar-refractivity contribution in [1.29, 1.82) is 5.26 Å². The largest absolute Gasteiger partial charge is 0.490 e. The zero-order valence-corrected chi connectivity index (χ0v) is 88.0. The van der Waals surface area contributed by atoms with E-state index >= 15 is 0 Å². The van der Waals surface area contributed by atoms with Gasteiger partial charge in [0.05, 0.1) is 73.8 Å². The van der Waals surface area contributed by atoms with Crippen molar-refractivity contribution in [3.8, 4) is 35.9 Å². The highest BCUT2D eigenvalue weighted by Gasteiger charge is 2.40. The highest BCUT2D eigenvalue weighted by molar-refractivity contribution is 7.90. The number of aliphatic hydroxyl groups is 1. The van der Waals surface area contributed by atoms with Gasteiger partial charge in [0, 0.05) is 202 Å². The van der Waals surface area contributed by atoms with Crippen molar-refractivity contribution in [2.45, 2.75) is 186 Å². The van der Waals surface area contributed by atoms with Crippen molar-refractivity contribution >= 4 is 80.0 Å². The van der Waals surface area contributed by atoms with Crippen LogP contribution in [0.2, 0.25) is 0 Å².